The first-order valence-corrected chi connectivity index (χ1v) is 6.00. The molecular weight excluding hydrogens is 246 g/mol. The number of hydrogen-bond donors (Lipinski definition) is 1. The van der Waals surface area contributed by atoms with E-state index in [9.17, 15) is 20.0 Å². The number of allylic oxidation sites excluding steroid dienone is 3. The Hall–Kier alpha value is -2.43. The van der Waals surface area contributed by atoms with Crippen molar-refractivity contribution in [2.24, 2.45) is 5.92 Å². The molecule has 1 unspecified atom stereocenters. The summed E-state index contributed by atoms with van der Waals surface area (Å²) in [5, 5.41) is 21.3. The van der Waals surface area contributed by atoms with Crippen LogP contribution in [0.2, 0.25) is 0 Å². The highest BCUT2D eigenvalue weighted by Crippen LogP contribution is 2.41. The largest absolute Gasteiger partial charge is 0.507 e. The summed E-state index contributed by atoms with van der Waals surface area (Å²) >= 11 is 0. The van der Waals surface area contributed by atoms with Gasteiger partial charge in [-0.25, -0.2) is 0 Å². The second-order valence-electron chi connectivity index (χ2n) is 4.66. The van der Waals surface area contributed by atoms with Crippen LogP contribution in [0, 0.1) is 16.0 Å². The number of carbonyl (C=O) groups excluding carboxylic acids is 1. The molecule has 1 N–H and O–H groups in total. The van der Waals surface area contributed by atoms with E-state index in [0.717, 1.165) is 0 Å². The molecular formula is C14H11NO4. The molecule has 0 radical (unpaired) electrons. The lowest BCUT2D eigenvalue weighted by molar-refractivity contribution is -0.385. The summed E-state index contributed by atoms with van der Waals surface area (Å²) in [6.45, 7) is 0. The summed E-state index contributed by atoms with van der Waals surface area (Å²) in [6, 6.07) is 4.34. The van der Waals surface area contributed by atoms with Crippen molar-refractivity contribution in [3.8, 4) is 0 Å². The number of rotatable bonds is 1. The number of ketones is 1. The van der Waals surface area contributed by atoms with E-state index < -0.39 is 10.8 Å². The first-order chi connectivity index (χ1) is 9.11. The number of Topliss-reactive ketones (excluding diaryl/α,β-unsaturated/α-hetero) is 1. The van der Waals surface area contributed by atoms with E-state index in [4.69, 9.17) is 0 Å². The highest BCUT2D eigenvalue weighted by molar-refractivity contribution is 6.09. The summed E-state index contributed by atoms with van der Waals surface area (Å²) in [5.74, 6) is -0.703. The molecule has 0 aromatic heterocycles. The molecule has 0 saturated heterocycles. The molecule has 1 atom stereocenters. The number of nitrogens with zero attached hydrogens (tertiary/aromatic N) is 1. The zero-order valence-electron chi connectivity index (χ0n) is 10.00. The van der Waals surface area contributed by atoms with E-state index in [2.05, 4.69) is 0 Å². The molecule has 19 heavy (non-hydrogen) atoms. The Balaban J connectivity index is 2.29. The molecule has 0 heterocycles. The van der Waals surface area contributed by atoms with Gasteiger partial charge < -0.3 is 5.11 Å². The first-order valence-electron chi connectivity index (χ1n) is 6.00. The van der Waals surface area contributed by atoms with Crippen molar-refractivity contribution in [1.82, 2.24) is 0 Å². The fourth-order valence-electron chi connectivity index (χ4n) is 2.75. The highest BCUT2D eigenvalue weighted by atomic mass is 16.6. The van der Waals surface area contributed by atoms with E-state index in [1.165, 1.54) is 12.1 Å². The van der Waals surface area contributed by atoms with Gasteiger partial charge in [0.15, 0.2) is 5.78 Å². The van der Waals surface area contributed by atoms with Gasteiger partial charge in [-0.15, -0.1) is 0 Å². The molecule has 3 rings (SSSR count). The molecule has 5 nitrogen and oxygen atoms in total. The van der Waals surface area contributed by atoms with Gasteiger partial charge in [0.1, 0.15) is 11.3 Å². The normalized spacial score (nSPS) is 21.1. The second-order valence-corrected chi connectivity index (χ2v) is 4.66. The van der Waals surface area contributed by atoms with Crippen molar-refractivity contribution >= 4 is 17.2 Å². The average Bonchev–Trinajstić information content (AvgIpc) is 2.44. The minimum absolute atomic E-state index is 0.0210. The minimum atomic E-state index is -0.576. The molecule has 0 bridgehead atoms. The predicted octanol–water partition coefficient (Wildman–Crippen LogP) is 3.03. The monoisotopic (exact) mass is 257 g/mol. The standard InChI is InChI=1S/C14H11NO4/c16-13-8-4-1-2-5-9(8)14(17)12-10(13)6-3-7-11(12)15(18)19/h1-3,6-7,9,16H,4-5H2. The van der Waals surface area contributed by atoms with Gasteiger partial charge in [0, 0.05) is 11.6 Å². The third-order valence-electron chi connectivity index (χ3n) is 3.66. The lowest BCUT2D eigenvalue weighted by Gasteiger charge is -2.27. The smallest absolute Gasteiger partial charge is 0.280 e. The molecule has 96 valence electrons. The third-order valence-corrected chi connectivity index (χ3v) is 3.66. The van der Waals surface area contributed by atoms with Crippen molar-refractivity contribution in [1.29, 1.82) is 0 Å². The number of fused-ring (bicyclic) bond motifs is 2. The molecule has 1 aromatic carbocycles. The molecule has 0 fully saturated rings. The van der Waals surface area contributed by atoms with Crippen LogP contribution in [0.4, 0.5) is 5.69 Å². The van der Waals surface area contributed by atoms with Crippen LogP contribution < -0.4 is 0 Å². The molecule has 0 spiro atoms. The Bertz CT molecular complexity index is 657. The number of aliphatic hydroxyl groups is 1. The van der Waals surface area contributed by atoms with Crippen LogP contribution in [-0.2, 0) is 0 Å². The summed E-state index contributed by atoms with van der Waals surface area (Å²) < 4.78 is 0. The number of benzene rings is 1. The van der Waals surface area contributed by atoms with Gasteiger partial charge in [-0.05, 0) is 18.4 Å². The number of aliphatic hydroxyl groups excluding tert-OH is 1. The van der Waals surface area contributed by atoms with Gasteiger partial charge in [0.05, 0.1) is 10.8 Å². The molecule has 2 aliphatic rings. The van der Waals surface area contributed by atoms with Crippen LogP contribution in [0.1, 0.15) is 28.8 Å². The number of nitro groups is 1. The Morgan fingerprint density at radius 1 is 1.32 bits per heavy atom. The van der Waals surface area contributed by atoms with Crippen LogP contribution in [0.5, 0.6) is 0 Å². The van der Waals surface area contributed by atoms with E-state index in [1.807, 2.05) is 12.2 Å². The van der Waals surface area contributed by atoms with E-state index in [1.54, 1.807) is 6.07 Å². The van der Waals surface area contributed by atoms with Crippen molar-refractivity contribution in [3.63, 3.8) is 0 Å². The van der Waals surface area contributed by atoms with Crippen LogP contribution in [0.25, 0.3) is 5.76 Å². The van der Waals surface area contributed by atoms with E-state index in [-0.39, 0.29) is 28.4 Å². The van der Waals surface area contributed by atoms with Crippen molar-refractivity contribution in [2.75, 3.05) is 0 Å². The Kier molecular flexibility index (Phi) is 2.48. The summed E-state index contributed by atoms with van der Waals surface area (Å²) in [5.41, 5.74) is 0.748. The number of nitro benzene ring substituents is 1. The quantitative estimate of drug-likeness (QED) is 0.476. The molecule has 2 aliphatic carbocycles. The van der Waals surface area contributed by atoms with E-state index >= 15 is 0 Å². The second kappa shape index (κ2) is 4.05. The van der Waals surface area contributed by atoms with Crippen LogP contribution in [-0.4, -0.2) is 15.8 Å². The van der Waals surface area contributed by atoms with Crippen LogP contribution in [0.3, 0.4) is 0 Å². The third kappa shape index (κ3) is 1.58. The maximum atomic E-state index is 12.4. The fraction of sp³-hybridized carbons (Fsp3) is 0.214. The van der Waals surface area contributed by atoms with Gasteiger partial charge in [0.2, 0.25) is 0 Å². The molecule has 5 heteroatoms. The summed E-state index contributed by atoms with van der Waals surface area (Å²) in [4.78, 5) is 22.9. The highest BCUT2D eigenvalue weighted by Gasteiger charge is 2.38. The summed E-state index contributed by atoms with van der Waals surface area (Å²) in [6.07, 6.45) is 4.78. The molecule has 0 aliphatic heterocycles. The predicted molar refractivity (Wildman–Crippen MR) is 68.8 cm³/mol. The fourth-order valence-corrected chi connectivity index (χ4v) is 2.75. The van der Waals surface area contributed by atoms with Gasteiger partial charge in [-0.3, -0.25) is 14.9 Å². The lowest BCUT2D eigenvalue weighted by atomic mass is 9.75. The van der Waals surface area contributed by atoms with Gasteiger partial charge in [-0.2, -0.15) is 0 Å². The maximum Gasteiger partial charge on any atom is 0.280 e. The Morgan fingerprint density at radius 2 is 2.11 bits per heavy atom. The summed E-state index contributed by atoms with van der Waals surface area (Å²) in [7, 11) is 0. The Labute approximate surface area is 109 Å². The first kappa shape index (κ1) is 11.6. The van der Waals surface area contributed by atoms with E-state index in [0.29, 0.717) is 18.4 Å². The van der Waals surface area contributed by atoms with Crippen molar-refractivity contribution < 1.29 is 14.8 Å². The molecule has 0 amide bonds. The molecule has 0 saturated carbocycles. The van der Waals surface area contributed by atoms with Crippen molar-refractivity contribution in [3.05, 3.63) is 57.2 Å². The minimum Gasteiger partial charge on any atom is -0.507 e. The van der Waals surface area contributed by atoms with Crippen molar-refractivity contribution in [2.45, 2.75) is 12.8 Å². The topological polar surface area (TPSA) is 80.4 Å². The van der Waals surface area contributed by atoms with Crippen LogP contribution >= 0.6 is 0 Å². The Morgan fingerprint density at radius 3 is 2.84 bits per heavy atom. The van der Waals surface area contributed by atoms with Gasteiger partial charge in [-0.1, -0.05) is 24.3 Å². The molecule has 1 aromatic rings. The van der Waals surface area contributed by atoms with Gasteiger partial charge in [0.25, 0.3) is 5.69 Å². The zero-order chi connectivity index (χ0) is 13.6. The number of carbonyl (C=O) groups is 1. The zero-order valence-corrected chi connectivity index (χ0v) is 10.00. The lowest BCUT2D eigenvalue weighted by Crippen LogP contribution is -2.26. The average molecular weight is 257 g/mol. The maximum absolute atomic E-state index is 12.4. The SMILES string of the molecule is O=C1c2c(cccc2[N+](=O)[O-])C(O)=C2CC=CCC12. The van der Waals surface area contributed by atoms with Gasteiger partial charge >= 0.3 is 0 Å². The van der Waals surface area contributed by atoms with Crippen LogP contribution in [0.15, 0.2) is 35.9 Å². The number of hydrogen-bond acceptors (Lipinski definition) is 4.